The second-order valence-electron chi connectivity index (χ2n) is 7.89. The lowest BCUT2D eigenvalue weighted by Gasteiger charge is -2.17. The number of alkyl halides is 3. The van der Waals surface area contributed by atoms with Crippen molar-refractivity contribution in [1.82, 2.24) is 24.9 Å². The highest BCUT2D eigenvalue weighted by Gasteiger charge is 2.41. The van der Waals surface area contributed by atoms with Gasteiger partial charge < -0.3 is 10.1 Å². The third kappa shape index (κ3) is 4.67. The van der Waals surface area contributed by atoms with E-state index in [4.69, 9.17) is 23.2 Å². The largest absolute Gasteiger partial charge is 0.430 e. The first-order chi connectivity index (χ1) is 15.5. The van der Waals surface area contributed by atoms with Crippen LogP contribution in [0.5, 0.6) is 5.88 Å². The van der Waals surface area contributed by atoms with Crippen LogP contribution >= 0.6 is 23.2 Å². The van der Waals surface area contributed by atoms with E-state index in [1.807, 2.05) is 0 Å². The zero-order valence-corrected chi connectivity index (χ0v) is 19.4. The van der Waals surface area contributed by atoms with Crippen molar-refractivity contribution in [1.29, 1.82) is 0 Å². The number of hydrogen-bond donors (Lipinski definition) is 1. The van der Waals surface area contributed by atoms with Crippen LogP contribution in [-0.2, 0) is 7.05 Å². The summed E-state index contributed by atoms with van der Waals surface area (Å²) in [6.07, 6.45) is -1.58. The molecule has 1 aromatic carbocycles. The first kappa shape index (κ1) is 23.4. The molecule has 1 saturated carbocycles. The van der Waals surface area contributed by atoms with Gasteiger partial charge in [-0.1, -0.05) is 23.2 Å². The SMILES string of the molecule is Cc1c(OC(F)(F)C(C)F)nn(C)c1-n1cc(-c2cc(C(=O)NC3CC3)c(Cl)cc2Cl)cn1. The monoisotopic (exact) mass is 501 g/mol. The summed E-state index contributed by atoms with van der Waals surface area (Å²) in [6.45, 7) is 2.21. The van der Waals surface area contributed by atoms with Crippen LogP contribution in [0.3, 0.4) is 0 Å². The molecule has 0 saturated heterocycles. The molecule has 33 heavy (non-hydrogen) atoms. The molecular formula is C21H20Cl2F3N5O2. The molecule has 1 amide bonds. The highest BCUT2D eigenvalue weighted by molar-refractivity contribution is 6.38. The van der Waals surface area contributed by atoms with Gasteiger partial charge in [-0.25, -0.2) is 13.8 Å². The molecular weight excluding hydrogens is 482 g/mol. The van der Waals surface area contributed by atoms with Gasteiger partial charge in [0.05, 0.1) is 27.4 Å². The maximum absolute atomic E-state index is 13.7. The summed E-state index contributed by atoms with van der Waals surface area (Å²) >= 11 is 12.6. The Morgan fingerprint density at radius 3 is 2.64 bits per heavy atom. The van der Waals surface area contributed by atoms with Gasteiger partial charge in [0.15, 0.2) is 5.82 Å². The van der Waals surface area contributed by atoms with E-state index in [0.29, 0.717) is 28.9 Å². The van der Waals surface area contributed by atoms with E-state index in [9.17, 15) is 18.0 Å². The smallest absolute Gasteiger partial charge is 0.410 e. The van der Waals surface area contributed by atoms with Crippen molar-refractivity contribution in [2.45, 2.75) is 45.0 Å². The summed E-state index contributed by atoms with van der Waals surface area (Å²) in [5, 5.41) is 11.6. The van der Waals surface area contributed by atoms with E-state index in [1.165, 1.54) is 35.6 Å². The van der Waals surface area contributed by atoms with Crippen molar-refractivity contribution in [2.24, 2.45) is 7.05 Å². The van der Waals surface area contributed by atoms with E-state index in [-0.39, 0.29) is 28.1 Å². The molecule has 0 aliphatic heterocycles. The van der Waals surface area contributed by atoms with Gasteiger partial charge in [-0.3, -0.25) is 4.79 Å². The first-order valence-corrected chi connectivity index (χ1v) is 10.8. The Morgan fingerprint density at radius 2 is 2.00 bits per heavy atom. The van der Waals surface area contributed by atoms with Crippen LogP contribution in [0.2, 0.25) is 10.0 Å². The minimum absolute atomic E-state index is 0.160. The topological polar surface area (TPSA) is 74.0 Å². The number of rotatable bonds is 7. The fourth-order valence-corrected chi connectivity index (χ4v) is 3.81. The van der Waals surface area contributed by atoms with Crippen LogP contribution in [0.15, 0.2) is 24.5 Å². The Kier molecular flexibility index (Phi) is 6.09. The molecule has 0 spiro atoms. The average Bonchev–Trinajstić information content (AvgIpc) is 3.33. The Balaban J connectivity index is 1.67. The number of carbonyl (C=O) groups is 1. The average molecular weight is 502 g/mol. The van der Waals surface area contributed by atoms with Crippen LogP contribution < -0.4 is 10.1 Å². The van der Waals surface area contributed by atoms with Gasteiger partial charge in [0, 0.05) is 30.4 Å². The number of nitrogens with one attached hydrogen (secondary N) is 1. The molecule has 1 atom stereocenters. The highest BCUT2D eigenvalue weighted by Crippen LogP contribution is 2.35. The number of ether oxygens (including phenoxy) is 1. The Hall–Kier alpha value is -2.72. The fraction of sp³-hybridized carbons (Fsp3) is 0.381. The highest BCUT2D eigenvalue weighted by atomic mass is 35.5. The maximum atomic E-state index is 13.7. The number of aromatic nitrogens is 4. The van der Waals surface area contributed by atoms with Crippen LogP contribution in [0, 0.1) is 6.92 Å². The molecule has 2 aromatic heterocycles. The molecule has 2 heterocycles. The zero-order valence-electron chi connectivity index (χ0n) is 17.9. The molecule has 1 aliphatic rings. The van der Waals surface area contributed by atoms with Crippen molar-refractivity contribution >= 4 is 29.1 Å². The lowest BCUT2D eigenvalue weighted by molar-refractivity contribution is -0.217. The van der Waals surface area contributed by atoms with Crippen molar-refractivity contribution < 1.29 is 22.7 Å². The minimum Gasteiger partial charge on any atom is -0.410 e. The van der Waals surface area contributed by atoms with Crippen LogP contribution in [0.4, 0.5) is 13.2 Å². The van der Waals surface area contributed by atoms with E-state index >= 15 is 0 Å². The van der Waals surface area contributed by atoms with Gasteiger partial charge in [0.1, 0.15) is 0 Å². The lowest BCUT2D eigenvalue weighted by Crippen LogP contribution is -2.34. The molecule has 1 fully saturated rings. The molecule has 7 nitrogen and oxygen atoms in total. The fourth-order valence-electron chi connectivity index (χ4n) is 3.24. The zero-order chi connectivity index (χ0) is 24.1. The van der Waals surface area contributed by atoms with E-state index in [2.05, 4.69) is 20.3 Å². The Labute approximate surface area is 197 Å². The molecule has 0 bridgehead atoms. The normalized spacial score (nSPS) is 14.9. The van der Waals surface area contributed by atoms with Gasteiger partial charge >= 0.3 is 6.11 Å². The summed E-state index contributed by atoms with van der Waals surface area (Å²) in [4.78, 5) is 12.5. The number of hydrogen-bond acceptors (Lipinski definition) is 4. The van der Waals surface area contributed by atoms with Crippen molar-refractivity contribution in [2.75, 3.05) is 0 Å². The number of aryl methyl sites for hydroxylation is 1. The van der Waals surface area contributed by atoms with Gasteiger partial charge in [-0.15, -0.1) is 5.10 Å². The quantitative estimate of drug-likeness (QED) is 0.488. The predicted molar refractivity (Wildman–Crippen MR) is 117 cm³/mol. The van der Waals surface area contributed by atoms with Crippen LogP contribution in [-0.4, -0.2) is 43.8 Å². The summed E-state index contributed by atoms with van der Waals surface area (Å²) < 4.78 is 47.8. The number of carbonyl (C=O) groups excluding carboxylic acids is 1. The summed E-state index contributed by atoms with van der Waals surface area (Å²) in [5.74, 6) is -0.377. The van der Waals surface area contributed by atoms with E-state index < -0.39 is 18.2 Å². The van der Waals surface area contributed by atoms with Crippen LogP contribution in [0.1, 0.15) is 35.7 Å². The third-order valence-corrected chi connectivity index (χ3v) is 5.85. The van der Waals surface area contributed by atoms with Crippen LogP contribution in [0.25, 0.3) is 16.9 Å². The van der Waals surface area contributed by atoms with Gasteiger partial charge in [0.2, 0.25) is 12.1 Å². The second-order valence-corrected chi connectivity index (χ2v) is 8.70. The standard InChI is InChI=1S/C21H20Cl2F3N5O2/c1-10-19(33-21(25,26)11(2)24)29-30(3)20(10)31-9-12(8-27-31)14-6-15(17(23)7-16(14)22)18(32)28-13-4-5-13/h6-9,11,13H,4-5H2,1-3H3,(H,28,32). The Bertz CT molecular complexity index is 1220. The molecule has 0 radical (unpaired) electrons. The molecule has 3 aromatic rings. The number of halogens is 5. The van der Waals surface area contributed by atoms with Gasteiger partial charge in [0.25, 0.3) is 5.91 Å². The molecule has 12 heteroatoms. The number of amides is 1. The minimum atomic E-state index is -4.03. The number of nitrogens with zero attached hydrogens (tertiary/aromatic N) is 4. The Morgan fingerprint density at radius 1 is 1.30 bits per heavy atom. The van der Waals surface area contributed by atoms with Gasteiger partial charge in [-0.05, 0) is 38.8 Å². The molecule has 176 valence electrons. The first-order valence-electron chi connectivity index (χ1n) is 10.1. The molecule has 1 aliphatic carbocycles. The summed E-state index contributed by atoms with van der Waals surface area (Å²) in [6, 6.07) is 3.23. The van der Waals surface area contributed by atoms with Gasteiger partial charge in [-0.2, -0.15) is 13.9 Å². The third-order valence-electron chi connectivity index (χ3n) is 5.22. The number of benzene rings is 1. The van der Waals surface area contributed by atoms with Crippen molar-refractivity contribution in [3.8, 4) is 22.8 Å². The van der Waals surface area contributed by atoms with E-state index in [0.717, 1.165) is 12.8 Å². The summed E-state index contributed by atoms with van der Waals surface area (Å²) in [5.41, 5.74) is 1.59. The second kappa shape index (κ2) is 8.57. The maximum Gasteiger partial charge on any atom is 0.430 e. The molecule has 1 N–H and O–H groups in total. The predicted octanol–water partition coefficient (Wildman–Crippen LogP) is 5.11. The van der Waals surface area contributed by atoms with Crippen molar-refractivity contribution in [3.63, 3.8) is 0 Å². The molecule has 1 unspecified atom stereocenters. The van der Waals surface area contributed by atoms with E-state index in [1.54, 1.807) is 12.3 Å². The van der Waals surface area contributed by atoms with Crippen molar-refractivity contribution in [3.05, 3.63) is 45.7 Å². The summed E-state index contributed by atoms with van der Waals surface area (Å²) in [7, 11) is 1.52. The molecule has 4 rings (SSSR count). The lowest BCUT2D eigenvalue weighted by atomic mass is 10.1.